The Hall–Kier alpha value is -1.21. The van der Waals surface area contributed by atoms with Crippen LogP contribution in [0.5, 0.6) is 0 Å². The van der Waals surface area contributed by atoms with E-state index in [2.05, 4.69) is 5.32 Å². The van der Waals surface area contributed by atoms with Crippen LogP contribution >= 0.6 is 22.7 Å². The number of aliphatic hydroxyl groups is 1. The number of hydrogen-bond acceptors (Lipinski definition) is 5. The van der Waals surface area contributed by atoms with E-state index in [-0.39, 0.29) is 12.5 Å². The number of thiophene rings is 2. The SMILES string of the molecule is COCc1ccsc1C(=O)NCC(O)c1ccsc1. The number of rotatable bonds is 6. The van der Waals surface area contributed by atoms with E-state index in [9.17, 15) is 9.90 Å². The lowest BCUT2D eigenvalue weighted by Crippen LogP contribution is -2.28. The zero-order valence-electron chi connectivity index (χ0n) is 10.5. The molecule has 102 valence electrons. The zero-order valence-corrected chi connectivity index (χ0v) is 12.1. The zero-order chi connectivity index (χ0) is 13.7. The highest BCUT2D eigenvalue weighted by atomic mass is 32.1. The standard InChI is InChI=1S/C13H15NO3S2/c1-17-7-9-3-5-19-12(9)13(16)14-6-11(15)10-2-4-18-8-10/h2-5,8,11,15H,6-7H2,1H3,(H,14,16). The first-order valence-electron chi connectivity index (χ1n) is 5.76. The Balaban J connectivity index is 1.92. The van der Waals surface area contributed by atoms with Gasteiger partial charge in [0.1, 0.15) is 0 Å². The van der Waals surface area contributed by atoms with Gasteiger partial charge in [-0.3, -0.25) is 4.79 Å². The molecule has 0 fully saturated rings. The fraction of sp³-hybridized carbons (Fsp3) is 0.308. The van der Waals surface area contributed by atoms with Gasteiger partial charge in [0.15, 0.2) is 0 Å². The van der Waals surface area contributed by atoms with Crippen LogP contribution in [0.3, 0.4) is 0 Å². The second-order valence-electron chi connectivity index (χ2n) is 3.99. The molecule has 2 aromatic heterocycles. The summed E-state index contributed by atoms with van der Waals surface area (Å²) in [5, 5.41) is 18.3. The second-order valence-corrected chi connectivity index (χ2v) is 5.69. The molecular weight excluding hydrogens is 282 g/mol. The van der Waals surface area contributed by atoms with Crippen LogP contribution in [-0.2, 0) is 11.3 Å². The van der Waals surface area contributed by atoms with Gasteiger partial charge in [-0.2, -0.15) is 11.3 Å². The van der Waals surface area contributed by atoms with Gasteiger partial charge < -0.3 is 15.2 Å². The van der Waals surface area contributed by atoms with Gasteiger partial charge in [0.05, 0.1) is 17.6 Å². The molecule has 4 nitrogen and oxygen atoms in total. The molecule has 0 saturated carbocycles. The minimum atomic E-state index is -0.666. The van der Waals surface area contributed by atoms with Gasteiger partial charge in [0.25, 0.3) is 5.91 Å². The van der Waals surface area contributed by atoms with E-state index in [0.717, 1.165) is 11.1 Å². The van der Waals surface area contributed by atoms with Crippen molar-refractivity contribution in [1.29, 1.82) is 0 Å². The van der Waals surface area contributed by atoms with E-state index in [4.69, 9.17) is 4.74 Å². The summed E-state index contributed by atoms with van der Waals surface area (Å²) in [5.41, 5.74) is 1.70. The number of ether oxygens (including phenoxy) is 1. The van der Waals surface area contributed by atoms with Crippen LogP contribution in [-0.4, -0.2) is 24.7 Å². The molecule has 19 heavy (non-hydrogen) atoms. The number of methoxy groups -OCH3 is 1. The molecular formula is C13H15NO3S2. The molecule has 2 N–H and O–H groups in total. The number of aliphatic hydroxyl groups excluding tert-OH is 1. The summed E-state index contributed by atoms with van der Waals surface area (Å²) in [6.07, 6.45) is -0.666. The van der Waals surface area contributed by atoms with Crippen LogP contribution in [0.25, 0.3) is 0 Å². The predicted octanol–water partition coefficient (Wildman–Crippen LogP) is 2.42. The van der Waals surface area contributed by atoms with Gasteiger partial charge in [0.2, 0.25) is 0 Å². The summed E-state index contributed by atoms with van der Waals surface area (Å²) in [6, 6.07) is 3.72. The summed E-state index contributed by atoms with van der Waals surface area (Å²) in [5.74, 6) is -0.170. The van der Waals surface area contributed by atoms with Crippen molar-refractivity contribution in [2.24, 2.45) is 0 Å². The van der Waals surface area contributed by atoms with Gasteiger partial charge in [0, 0.05) is 19.2 Å². The Labute approximate surface area is 119 Å². The first-order chi connectivity index (χ1) is 9.22. The van der Waals surface area contributed by atoms with Crippen molar-refractivity contribution < 1.29 is 14.6 Å². The van der Waals surface area contributed by atoms with Crippen molar-refractivity contribution in [1.82, 2.24) is 5.32 Å². The fourth-order valence-electron chi connectivity index (χ4n) is 1.66. The maximum absolute atomic E-state index is 12.0. The van der Waals surface area contributed by atoms with Gasteiger partial charge in [-0.1, -0.05) is 0 Å². The minimum Gasteiger partial charge on any atom is -0.387 e. The average molecular weight is 297 g/mol. The normalized spacial score (nSPS) is 12.3. The van der Waals surface area contributed by atoms with E-state index in [1.807, 2.05) is 28.3 Å². The molecule has 1 unspecified atom stereocenters. The van der Waals surface area contributed by atoms with Crippen molar-refractivity contribution in [2.75, 3.05) is 13.7 Å². The molecule has 6 heteroatoms. The second kappa shape index (κ2) is 6.81. The topological polar surface area (TPSA) is 58.6 Å². The third-order valence-corrected chi connectivity index (χ3v) is 4.29. The quantitative estimate of drug-likeness (QED) is 0.861. The molecule has 1 amide bonds. The van der Waals surface area contributed by atoms with Crippen LogP contribution < -0.4 is 5.32 Å². The molecule has 0 aliphatic carbocycles. The highest BCUT2D eigenvalue weighted by molar-refractivity contribution is 7.12. The third kappa shape index (κ3) is 3.63. The van der Waals surface area contributed by atoms with Gasteiger partial charge in [-0.05, 0) is 33.8 Å². The van der Waals surface area contributed by atoms with Crippen molar-refractivity contribution in [3.63, 3.8) is 0 Å². The number of amides is 1. The maximum atomic E-state index is 12.0. The molecule has 0 aliphatic heterocycles. The van der Waals surface area contributed by atoms with Crippen molar-refractivity contribution in [3.8, 4) is 0 Å². The smallest absolute Gasteiger partial charge is 0.261 e. The van der Waals surface area contributed by atoms with Crippen molar-refractivity contribution in [3.05, 3.63) is 44.3 Å². The number of nitrogens with one attached hydrogen (secondary N) is 1. The minimum absolute atomic E-state index is 0.170. The summed E-state index contributed by atoms with van der Waals surface area (Å²) < 4.78 is 5.04. The van der Waals surface area contributed by atoms with Crippen LogP contribution in [0.2, 0.25) is 0 Å². The summed E-state index contributed by atoms with van der Waals surface area (Å²) in [6.45, 7) is 0.624. The molecule has 2 aromatic rings. The molecule has 0 saturated heterocycles. The first-order valence-corrected chi connectivity index (χ1v) is 7.58. The Bertz CT molecular complexity index is 522. The molecule has 0 aliphatic rings. The Morgan fingerprint density at radius 2 is 2.32 bits per heavy atom. The lowest BCUT2D eigenvalue weighted by Gasteiger charge is -2.10. The lowest BCUT2D eigenvalue weighted by molar-refractivity contribution is 0.0916. The Kier molecular flexibility index (Phi) is 5.09. The van der Waals surface area contributed by atoms with E-state index in [1.165, 1.54) is 22.7 Å². The summed E-state index contributed by atoms with van der Waals surface area (Å²) in [4.78, 5) is 12.6. The fourth-order valence-corrected chi connectivity index (χ4v) is 3.19. The highest BCUT2D eigenvalue weighted by Gasteiger charge is 2.15. The third-order valence-electron chi connectivity index (χ3n) is 2.64. The van der Waals surface area contributed by atoms with E-state index < -0.39 is 6.10 Å². The van der Waals surface area contributed by atoms with E-state index in [0.29, 0.717) is 11.5 Å². The molecule has 0 aromatic carbocycles. The number of carbonyl (C=O) groups excluding carboxylic acids is 1. The Morgan fingerprint density at radius 3 is 3.00 bits per heavy atom. The summed E-state index contributed by atoms with van der Waals surface area (Å²) in [7, 11) is 1.60. The largest absolute Gasteiger partial charge is 0.387 e. The van der Waals surface area contributed by atoms with Gasteiger partial charge in [-0.15, -0.1) is 11.3 Å². The Morgan fingerprint density at radius 1 is 1.47 bits per heavy atom. The van der Waals surface area contributed by atoms with Gasteiger partial charge >= 0.3 is 0 Å². The number of carbonyl (C=O) groups is 1. The van der Waals surface area contributed by atoms with Crippen molar-refractivity contribution >= 4 is 28.6 Å². The molecule has 2 heterocycles. The van der Waals surface area contributed by atoms with E-state index in [1.54, 1.807) is 7.11 Å². The van der Waals surface area contributed by atoms with Crippen LogP contribution in [0.4, 0.5) is 0 Å². The molecule has 1 atom stereocenters. The number of hydrogen-bond donors (Lipinski definition) is 2. The summed E-state index contributed by atoms with van der Waals surface area (Å²) >= 11 is 2.90. The monoisotopic (exact) mass is 297 g/mol. The first kappa shape index (κ1) is 14.2. The van der Waals surface area contributed by atoms with E-state index >= 15 is 0 Å². The van der Waals surface area contributed by atoms with Crippen LogP contribution in [0.1, 0.15) is 26.9 Å². The van der Waals surface area contributed by atoms with Crippen molar-refractivity contribution in [2.45, 2.75) is 12.7 Å². The van der Waals surface area contributed by atoms with Gasteiger partial charge in [-0.25, -0.2) is 0 Å². The highest BCUT2D eigenvalue weighted by Crippen LogP contribution is 2.19. The maximum Gasteiger partial charge on any atom is 0.261 e. The van der Waals surface area contributed by atoms with Crippen LogP contribution in [0, 0.1) is 0 Å². The predicted molar refractivity (Wildman–Crippen MR) is 76.6 cm³/mol. The molecule has 2 rings (SSSR count). The molecule has 0 bridgehead atoms. The van der Waals surface area contributed by atoms with Crippen LogP contribution in [0.15, 0.2) is 28.3 Å². The lowest BCUT2D eigenvalue weighted by atomic mass is 10.2. The average Bonchev–Trinajstić information content (AvgIpc) is 3.06. The molecule has 0 spiro atoms. The molecule has 0 radical (unpaired) electrons.